The molecule has 72 valence electrons. The highest BCUT2D eigenvalue weighted by Gasteiger charge is 2.12. The summed E-state index contributed by atoms with van der Waals surface area (Å²) in [5.74, 6) is 0. The Morgan fingerprint density at radius 3 is 1.67 bits per heavy atom. The average Bonchev–Trinajstić information content (AvgIpc) is 2.48. The van der Waals surface area contributed by atoms with Crippen molar-refractivity contribution in [1.29, 1.82) is 0 Å². The molecule has 0 nitrogen and oxygen atoms in total. The molecule has 0 fully saturated rings. The van der Waals surface area contributed by atoms with E-state index in [1.54, 1.807) is 0 Å². The third-order valence-electron chi connectivity index (χ3n) is 2.97. The minimum absolute atomic E-state index is 1.13. The van der Waals surface area contributed by atoms with Gasteiger partial charge in [-0.2, -0.15) is 0 Å². The molecule has 1 aliphatic rings. The van der Waals surface area contributed by atoms with Crippen molar-refractivity contribution in [2.45, 2.75) is 12.8 Å². The fraction of sp³-hybridized carbons (Fsp3) is 0.133. The fourth-order valence-electron chi connectivity index (χ4n) is 2.13. The van der Waals surface area contributed by atoms with Crippen molar-refractivity contribution in [3.05, 3.63) is 77.2 Å². The maximum atomic E-state index is 3.50. The molecule has 0 saturated carbocycles. The van der Waals surface area contributed by atoms with Gasteiger partial charge in [-0.05, 0) is 35.1 Å². The second-order valence-corrected chi connectivity index (χ2v) is 3.94. The van der Waals surface area contributed by atoms with E-state index in [-0.39, 0.29) is 0 Å². The van der Waals surface area contributed by atoms with Crippen LogP contribution in [0.5, 0.6) is 0 Å². The minimum atomic E-state index is 1.13. The summed E-state index contributed by atoms with van der Waals surface area (Å²) in [6.45, 7) is 0. The Kier molecular flexibility index (Phi) is 2.06. The number of aryl methyl sites for hydroxylation is 2. The molecule has 1 aliphatic carbocycles. The highest BCUT2D eigenvalue weighted by Crippen LogP contribution is 2.25. The molecule has 3 rings (SSSR count). The van der Waals surface area contributed by atoms with Gasteiger partial charge in [0.05, 0.1) is 6.42 Å². The van der Waals surface area contributed by atoms with Gasteiger partial charge in [0.15, 0.2) is 0 Å². The molecule has 2 radical (unpaired) electrons. The van der Waals surface area contributed by atoms with Gasteiger partial charge in [0, 0.05) is 0 Å². The van der Waals surface area contributed by atoms with Crippen LogP contribution in [0.4, 0.5) is 0 Å². The van der Waals surface area contributed by atoms with E-state index < -0.39 is 0 Å². The van der Waals surface area contributed by atoms with Crippen LogP contribution in [0.2, 0.25) is 0 Å². The first-order valence-corrected chi connectivity index (χ1v) is 5.36. The number of benzene rings is 2. The lowest BCUT2D eigenvalue weighted by Crippen LogP contribution is -1.90. The SMILES string of the molecule is [C]1c2ccccc2CCc2ccccc21. The van der Waals surface area contributed by atoms with Crippen LogP contribution in [0.3, 0.4) is 0 Å². The van der Waals surface area contributed by atoms with E-state index >= 15 is 0 Å². The monoisotopic (exact) mass is 192 g/mol. The smallest absolute Gasteiger partial charge is 0.0507 e. The maximum Gasteiger partial charge on any atom is 0.0507 e. The predicted octanol–water partition coefficient (Wildman–Crippen LogP) is 3.26. The Labute approximate surface area is 90.6 Å². The van der Waals surface area contributed by atoms with Crippen LogP contribution in [0, 0.1) is 6.42 Å². The molecule has 15 heavy (non-hydrogen) atoms. The largest absolute Gasteiger partial charge is 0.0620 e. The van der Waals surface area contributed by atoms with Gasteiger partial charge in [-0.15, -0.1) is 0 Å². The summed E-state index contributed by atoms with van der Waals surface area (Å²) in [7, 11) is 0. The van der Waals surface area contributed by atoms with Crippen molar-refractivity contribution in [2.75, 3.05) is 0 Å². The molecule has 0 spiro atoms. The van der Waals surface area contributed by atoms with Gasteiger partial charge in [0.25, 0.3) is 0 Å². The molecule has 0 saturated heterocycles. The molecule has 0 atom stereocenters. The lowest BCUT2D eigenvalue weighted by Gasteiger charge is -2.03. The van der Waals surface area contributed by atoms with Gasteiger partial charge in [-0.3, -0.25) is 0 Å². The molecule has 0 aromatic heterocycles. The van der Waals surface area contributed by atoms with Gasteiger partial charge >= 0.3 is 0 Å². The Hall–Kier alpha value is -1.56. The minimum Gasteiger partial charge on any atom is -0.0620 e. The van der Waals surface area contributed by atoms with E-state index in [0.29, 0.717) is 0 Å². The zero-order chi connectivity index (χ0) is 10.1. The summed E-state index contributed by atoms with van der Waals surface area (Å²) in [4.78, 5) is 0. The first kappa shape index (κ1) is 8.72. The highest BCUT2D eigenvalue weighted by atomic mass is 14.2. The molecular formula is C15H12. The number of hydrogen-bond donors (Lipinski definition) is 0. The lowest BCUT2D eigenvalue weighted by molar-refractivity contribution is 0.965. The van der Waals surface area contributed by atoms with Crippen LogP contribution in [-0.2, 0) is 12.8 Å². The van der Waals surface area contributed by atoms with Gasteiger partial charge in [0.1, 0.15) is 0 Å². The fourth-order valence-corrected chi connectivity index (χ4v) is 2.13. The van der Waals surface area contributed by atoms with Gasteiger partial charge in [-0.1, -0.05) is 48.5 Å². The van der Waals surface area contributed by atoms with Crippen LogP contribution in [0.1, 0.15) is 22.3 Å². The van der Waals surface area contributed by atoms with Crippen molar-refractivity contribution in [2.24, 2.45) is 0 Å². The van der Waals surface area contributed by atoms with Crippen LogP contribution in [0.25, 0.3) is 0 Å². The summed E-state index contributed by atoms with van der Waals surface area (Å²) in [5, 5.41) is 0. The van der Waals surface area contributed by atoms with Crippen molar-refractivity contribution >= 4 is 0 Å². The number of hydrogen-bond acceptors (Lipinski definition) is 0. The second kappa shape index (κ2) is 3.54. The molecule has 2 aromatic rings. The van der Waals surface area contributed by atoms with Crippen molar-refractivity contribution in [3.63, 3.8) is 0 Å². The first-order chi connectivity index (χ1) is 7.43. The Balaban J connectivity index is 2.10. The summed E-state index contributed by atoms with van der Waals surface area (Å²) >= 11 is 0. The summed E-state index contributed by atoms with van der Waals surface area (Å²) in [6.07, 6.45) is 5.75. The molecule has 0 N–H and O–H groups in total. The third kappa shape index (κ3) is 1.56. The van der Waals surface area contributed by atoms with Crippen LogP contribution in [-0.4, -0.2) is 0 Å². The topological polar surface area (TPSA) is 0 Å². The van der Waals surface area contributed by atoms with Crippen LogP contribution >= 0.6 is 0 Å². The van der Waals surface area contributed by atoms with E-state index in [1.165, 1.54) is 22.3 Å². The van der Waals surface area contributed by atoms with E-state index in [1.807, 2.05) is 0 Å². The van der Waals surface area contributed by atoms with Crippen LogP contribution < -0.4 is 0 Å². The van der Waals surface area contributed by atoms with Gasteiger partial charge < -0.3 is 0 Å². The molecule has 0 amide bonds. The van der Waals surface area contributed by atoms with Gasteiger partial charge in [0.2, 0.25) is 0 Å². The number of rotatable bonds is 0. The van der Waals surface area contributed by atoms with E-state index in [9.17, 15) is 0 Å². The molecule has 0 heterocycles. The molecule has 0 unspecified atom stereocenters. The normalized spacial score (nSPS) is 13.9. The lowest BCUT2D eigenvalue weighted by atomic mass is 10.0. The summed E-state index contributed by atoms with van der Waals surface area (Å²) in [6, 6.07) is 17.1. The predicted molar refractivity (Wildman–Crippen MR) is 61.7 cm³/mol. The van der Waals surface area contributed by atoms with E-state index in [4.69, 9.17) is 0 Å². The van der Waals surface area contributed by atoms with Gasteiger partial charge in [-0.25, -0.2) is 0 Å². The highest BCUT2D eigenvalue weighted by molar-refractivity contribution is 5.48. The quantitative estimate of drug-likeness (QED) is 0.601. The number of fused-ring (bicyclic) bond motifs is 2. The summed E-state index contributed by atoms with van der Waals surface area (Å²) in [5.41, 5.74) is 5.33. The first-order valence-electron chi connectivity index (χ1n) is 5.36. The molecular weight excluding hydrogens is 180 g/mol. The zero-order valence-electron chi connectivity index (χ0n) is 8.53. The maximum absolute atomic E-state index is 3.50. The summed E-state index contributed by atoms with van der Waals surface area (Å²) < 4.78 is 0. The van der Waals surface area contributed by atoms with E-state index in [2.05, 4.69) is 55.0 Å². The van der Waals surface area contributed by atoms with E-state index in [0.717, 1.165) is 12.8 Å². The third-order valence-corrected chi connectivity index (χ3v) is 2.97. The Morgan fingerprint density at radius 2 is 1.13 bits per heavy atom. The van der Waals surface area contributed by atoms with Crippen molar-refractivity contribution in [3.8, 4) is 0 Å². The Bertz CT molecular complexity index is 437. The molecule has 0 bridgehead atoms. The van der Waals surface area contributed by atoms with Crippen LogP contribution in [0.15, 0.2) is 48.5 Å². The average molecular weight is 192 g/mol. The standard InChI is InChI=1S/C15H12/c1-3-7-14-11-15-8-4-2-6-13(15)10-9-12(14)5-1/h1-8H,9-10H2. The molecule has 0 aliphatic heterocycles. The zero-order valence-corrected chi connectivity index (χ0v) is 8.53. The Morgan fingerprint density at radius 1 is 0.667 bits per heavy atom. The second-order valence-electron chi connectivity index (χ2n) is 3.94. The van der Waals surface area contributed by atoms with Crippen molar-refractivity contribution < 1.29 is 0 Å². The van der Waals surface area contributed by atoms with Crippen molar-refractivity contribution in [1.82, 2.24) is 0 Å². The molecule has 2 aromatic carbocycles. The molecule has 0 heteroatoms.